The first-order valence-corrected chi connectivity index (χ1v) is 6.73. The van der Waals surface area contributed by atoms with Gasteiger partial charge in [0.15, 0.2) is 0 Å². The van der Waals surface area contributed by atoms with Crippen LogP contribution < -0.4 is 5.73 Å². The van der Waals surface area contributed by atoms with Gasteiger partial charge in [-0.2, -0.15) is 5.10 Å². The van der Waals surface area contributed by atoms with Crippen LogP contribution in [0.15, 0.2) is 48.7 Å². The Morgan fingerprint density at radius 2 is 1.86 bits per heavy atom. The van der Waals surface area contributed by atoms with Crippen LogP contribution in [0, 0.1) is 19.7 Å². The Morgan fingerprint density at radius 3 is 2.57 bits per heavy atom. The minimum atomic E-state index is -0.297. The highest BCUT2D eigenvalue weighted by atomic mass is 19.1. The van der Waals surface area contributed by atoms with Gasteiger partial charge in [-0.25, -0.2) is 9.07 Å². The van der Waals surface area contributed by atoms with E-state index in [-0.39, 0.29) is 5.82 Å². The van der Waals surface area contributed by atoms with Crippen molar-refractivity contribution in [2.45, 2.75) is 13.8 Å². The quantitative estimate of drug-likeness (QED) is 0.774. The number of nitrogens with two attached hydrogens (primary N) is 1. The van der Waals surface area contributed by atoms with Gasteiger partial charge in [-0.1, -0.05) is 18.2 Å². The normalized spacial score (nSPS) is 10.8. The minimum absolute atomic E-state index is 0.297. The van der Waals surface area contributed by atoms with E-state index in [1.807, 2.05) is 12.1 Å². The van der Waals surface area contributed by atoms with Gasteiger partial charge in [0.2, 0.25) is 0 Å². The fourth-order valence-corrected chi connectivity index (χ4v) is 2.25. The molecule has 3 nitrogen and oxygen atoms in total. The van der Waals surface area contributed by atoms with Crippen LogP contribution in [0.5, 0.6) is 0 Å². The number of anilines is 1. The average molecular weight is 281 g/mol. The zero-order valence-electron chi connectivity index (χ0n) is 12.0. The molecule has 3 rings (SSSR count). The Morgan fingerprint density at radius 1 is 1.05 bits per heavy atom. The van der Waals surface area contributed by atoms with Crippen molar-refractivity contribution in [2.75, 3.05) is 5.73 Å². The number of aryl methyl sites for hydroxylation is 2. The summed E-state index contributed by atoms with van der Waals surface area (Å²) in [5.41, 5.74) is 11.4. The summed E-state index contributed by atoms with van der Waals surface area (Å²) in [6, 6.07) is 12.4. The molecule has 1 heterocycles. The second kappa shape index (κ2) is 5.05. The first-order valence-electron chi connectivity index (χ1n) is 6.73. The number of hydrogen-bond donors (Lipinski definition) is 1. The first-order chi connectivity index (χ1) is 10.0. The lowest BCUT2D eigenvalue weighted by atomic mass is 10.0. The molecule has 0 aliphatic carbocycles. The van der Waals surface area contributed by atoms with E-state index < -0.39 is 0 Å². The summed E-state index contributed by atoms with van der Waals surface area (Å²) in [6.07, 6.45) is 1.71. The molecule has 2 N–H and O–H groups in total. The molecular formula is C17H16FN3. The monoisotopic (exact) mass is 281 g/mol. The highest BCUT2D eigenvalue weighted by Crippen LogP contribution is 2.27. The third kappa shape index (κ3) is 2.52. The van der Waals surface area contributed by atoms with Crippen LogP contribution in [-0.4, -0.2) is 9.78 Å². The van der Waals surface area contributed by atoms with Crippen LogP contribution in [-0.2, 0) is 0 Å². The van der Waals surface area contributed by atoms with E-state index in [1.165, 1.54) is 23.3 Å². The summed E-state index contributed by atoms with van der Waals surface area (Å²) >= 11 is 0. The molecule has 4 heteroatoms. The van der Waals surface area contributed by atoms with Crippen LogP contribution in [0.4, 0.5) is 10.1 Å². The Kier molecular flexibility index (Phi) is 3.22. The van der Waals surface area contributed by atoms with Gasteiger partial charge >= 0.3 is 0 Å². The van der Waals surface area contributed by atoms with Crippen molar-refractivity contribution in [1.82, 2.24) is 9.78 Å². The predicted octanol–water partition coefficient (Wildman–Crippen LogP) is 3.88. The molecule has 0 unspecified atom stereocenters. The number of aromatic nitrogens is 2. The number of hydrogen-bond acceptors (Lipinski definition) is 2. The molecule has 21 heavy (non-hydrogen) atoms. The maximum Gasteiger partial charge on any atom is 0.125 e. The molecule has 2 aromatic carbocycles. The number of halogens is 1. The third-order valence-electron chi connectivity index (χ3n) is 3.60. The Hall–Kier alpha value is -2.62. The summed E-state index contributed by atoms with van der Waals surface area (Å²) in [5, 5.41) is 4.49. The fraction of sp³-hybridized carbons (Fsp3) is 0.118. The van der Waals surface area contributed by atoms with Crippen molar-refractivity contribution in [2.24, 2.45) is 0 Å². The van der Waals surface area contributed by atoms with Crippen molar-refractivity contribution in [3.05, 3.63) is 65.6 Å². The van der Waals surface area contributed by atoms with Gasteiger partial charge < -0.3 is 5.73 Å². The van der Waals surface area contributed by atoms with Crippen molar-refractivity contribution in [1.29, 1.82) is 0 Å². The summed E-state index contributed by atoms with van der Waals surface area (Å²) in [4.78, 5) is 0. The van der Waals surface area contributed by atoms with Crippen LogP contribution in [0.1, 0.15) is 11.1 Å². The Bertz CT molecular complexity index is 806. The standard InChI is InChI=1S/C17H16FN3/c1-11-6-7-13(8-12(11)2)17-16(19)10-21(20-17)15-5-3-4-14(18)9-15/h3-10H,19H2,1-2H3. The van der Waals surface area contributed by atoms with Crippen molar-refractivity contribution in [3.8, 4) is 16.9 Å². The Balaban J connectivity index is 2.07. The van der Waals surface area contributed by atoms with E-state index in [9.17, 15) is 4.39 Å². The first kappa shape index (κ1) is 13.4. The van der Waals surface area contributed by atoms with Crippen LogP contribution >= 0.6 is 0 Å². The molecule has 0 spiro atoms. The zero-order chi connectivity index (χ0) is 15.0. The molecule has 0 amide bonds. The number of benzene rings is 2. The van der Waals surface area contributed by atoms with E-state index in [1.54, 1.807) is 23.0 Å². The number of rotatable bonds is 2. The summed E-state index contributed by atoms with van der Waals surface area (Å²) < 4.78 is 14.9. The highest BCUT2D eigenvalue weighted by Gasteiger charge is 2.10. The molecule has 0 saturated heterocycles. The van der Waals surface area contributed by atoms with Crippen molar-refractivity contribution >= 4 is 5.69 Å². The topological polar surface area (TPSA) is 43.8 Å². The second-order valence-corrected chi connectivity index (χ2v) is 5.16. The second-order valence-electron chi connectivity index (χ2n) is 5.16. The van der Waals surface area contributed by atoms with E-state index in [4.69, 9.17) is 5.73 Å². The van der Waals surface area contributed by atoms with Gasteiger partial charge in [0.05, 0.1) is 17.6 Å². The smallest absolute Gasteiger partial charge is 0.125 e. The SMILES string of the molecule is Cc1ccc(-c2nn(-c3cccc(F)c3)cc2N)cc1C. The molecule has 1 aromatic heterocycles. The van der Waals surface area contributed by atoms with E-state index in [2.05, 4.69) is 25.0 Å². The summed E-state index contributed by atoms with van der Waals surface area (Å²) in [6.45, 7) is 4.12. The predicted molar refractivity (Wildman–Crippen MR) is 82.8 cm³/mol. The van der Waals surface area contributed by atoms with Gasteiger partial charge in [-0.05, 0) is 49.2 Å². The lowest BCUT2D eigenvalue weighted by Gasteiger charge is -2.04. The maximum absolute atomic E-state index is 13.3. The average Bonchev–Trinajstić information content (AvgIpc) is 2.84. The molecule has 3 aromatic rings. The number of nitrogens with zero attached hydrogens (tertiary/aromatic N) is 2. The lowest BCUT2D eigenvalue weighted by molar-refractivity contribution is 0.625. The fourth-order valence-electron chi connectivity index (χ4n) is 2.25. The number of nitrogen functional groups attached to an aromatic ring is 1. The van der Waals surface area contributed by atoms with Gasteiger partial charge in [-0.15, -0.1) is 0 Å². The van der Waals surface area contributed by atoms with Crippen LogP contribution in [0.3, 0.4) is 0 Å². The molecule has 0 fully saturated rings. The minimum Gasteiger partial charge on any atom is -0.396 e. The molecule has 0 atom stereocenters. The Labute approximate surface area is 122 Å². The molecule has 0 radical (unpaired) electrons. The molecule has 106 valence electrons. The van der Waals surface area contributed by atoms with Crippen molar-refractivity contribution < 1.29 is 4.39 Å². The van der Waals surface area contributed by atoms with Gasteiger partial charge in [0, 0.05) is 5.56 Å². The van der Waals surface area contributed by atoms with Gasteiger partial charge in [0.1, 0.15) is 11.5 Å². The maximum atomic E-state index is 13.3. The molecular weight excluding hydrogens is 265 g/mol. The van der Waals surface area contributed by atoms with Crippen LogP contribution in [0.2, 0.25) is 0 Å². The largest absolute Gasteiger partial charge is 0.396 e. The molecule has 0 aliphatic rings. The van der Waals surface area contributed by atoms with Crippen LogP contribution in [0.25, 0.3) is 16.9 Å². The summed E-state index contributed by atoms with van der Waals surface area (Å²) in [7, 11) is 0. The zero-order valence-corrected chi connectivity index (χ0v) is 12.0. The lowest BCUT2D eigenvalue weighted by Crippen LogP contribution is -1.95. The molecule has 0 aliphatic heterocycles. The van der Waals surface area contributed by atoms with E-state index in [0.717, 1.165) is 5.56 Å². The molecule has 0 bridgehead atoms. The third-order valence-corrected chi connectivity index (χ3v) is 3.60. The van der Waals surface area contributed by atoms with Gasteiger partial charge in [0.25, 0.3) is 0 Å². The van der Waals surface area contributed by atoms with Gasteiger partial charge in [-0.3, -0.25) is 0 Å². The summed E-state index contributed by atoms with van der Waals surface area (Å²) in [5.74, 6) is -0.297. The highest BCUT2D eigenvalue weighted by molar-refractivity contribution is 5.73. The molecule has 0 saturated carbocycles. The van der Waals surface area contributed by atoms with E-state index in [0.29, 0.717) is 17.1 Å². The van der Waals surface area contributed by atoms with E-state index >= 15 is 0 Å². The van der Waals surface area contributed by atoms with Crippen molar-refractivity contribution in [3.63, 3.8) is 0 Å².